The first-order valence-electron chi connectivity index (χ1n) is 7.28. The van der Waals surface area contributed by atoms with Crippen molar-refractivity contribution in [1.29, 1.82) is 0 Å². The molecule has 0 saturated heterocycles. The van der Waals surface area contributed by atoms with Crippen LogP contribution in [-0.2, 0) is 4.79 Å². The van der Waals surface area contributed by atoms with Gasteiger partial charge in [0.25, 0.3) is 5.91 Å². The third-order valence-corrected chi connectivity index (χ3v) is 4.52. The largest absolute Gasteiger partial charge is 0.478 e. The first-order chi connectivity index (χ1) is 12.0. The number of carbonyl (C=O) groups is 1. The van der Waals surface area contributed by atoms with Crippen LogP contribution in [0.15, 0.2) is 35.7 Å². The Morgan fingerprint density at radius 3 is 2.80 bits per heavy atom. The van der Waals surface area contributed by atoms with Gasteiger partial charge in [0.2, 0.25) is 0 Å². The van der Waals surface area contributed by atoms with Gasteiger partial charge in [0, 0.05) is 22.2 Å². The molecule has 0 saturated carbocycles. The number of fused-ring (bicyclic) bond motifs is 1. The van der Waals surface area contributed by atoms with E-state index in [1.807, 2.05) is 0 Å². The van der Waals surface area contributed by atoms with Gasteiger partial charge in [-0.15, -0.1) is 11.3 Å². The van der Waals surface area contributed by atoms with Crippen molar-refractivity contribution >= 4 is 28.6 Å². The molecule has 1 aromatic heterocycles. The third kappa shape index (κ3) is 2.91. The van der Waals surface area contributed by atoms with Crippen molar-refractivity contribution in [2.45, 2.75) is 0 Å². The molecule has 2 aromatic carbocycles. The number of nitrogen functional groups attached to an aromatic ring is 1. The maximum Gasteiger partial charge on any atom is 0.262 e. The zero-order chi connectivity index (χ0) is 17.6. The van der Waals surface area contributed by atoms with Crippen LogP contribution in [0.1, 0.15) is 0 Å². The van der Waals surface area contributed by atoms with Crippen LogP contribution >= 0.6 is 11.3 Å². The quantitative estimate of drug-likeness (QED) is 0.685. The van der Waals surface area contributed by atoms with Gasteiger partial charge >= 0.3 is 0 Å². The standard InChI is InChI=1S/C17H11F2N3O2S/c18-10-1-9(2-11(20)5-10)17-22-14(7-25-17)8-3-12(19)16-13(4-8)21-15(23)6-24-16/h1-5,7H,6,20H2,(H,21,23). The number of anilines is 2. The normalized spacial score (nSPS) is 13.1. The number of ether oxygens (including phenoxy) is 1. The van der Waals surface area contributed by atoms with E-state index in [-0.39, 0.29) is 24.0 Å². The van der Waals surface area contributed by atoms with Gasteiger partial charge in [-0.05, 0) is 30.3 Å². The second kappa shape index (κ2) is 5.82. The van der Waals surface area contributed by atoms with E-state index in [4.69, 9.17) is 10.5 Å². The molecular weight excluding hydrogens is 348 g/mol. The van der Waals surface area contributed by atoms with Crippen LogP contribution in [0.4, 0.5) is 20.2 Å². The predicted octanol–water partition coefficient (Wildman–Crippen LogP) is 3.67. The number of hydrogen-bond acceptors (Lipinski definition) is 5. The maximum absolute atomic E-state index is 14.2. The summed E-state index contributed by atoms with van der Waals surface area (Å²) in [6.45, 7) is -0.217. The smallest absolute Gasteiger partial charge is 0.262 e. The van der Waals surface area contributed by atoms with E-state index in [0.29, 0.717) is 27.5 Å². The molecule has 5 nitrogen and oxygen atoms in total. The van der Waals surface area contributed by atoms with Crippen LogP contribution in [-0.4, -0.2) is 17.5 Å². The van der Waals surface area contributed by atoms with Crippen LogP contribution in [0.2, 0.25) is 0 Å². The summed E-state index contributed by atoms with van der Waals surface area (Å²) in [7, 11) is 0. The highest BCUT2D eigenvalue weighted by Crippen LogP contribution is 2.37. The molecular formula is C17H11F2N3O2S. The summed E-state index contributed by atoms with van der Waals surface area (Å²) < 4.78 is 32.8. The van der Waals surface area contributed by atoms with Gasteiger partial charge in [0.1, 0.15) is 10.8 Å². The molecule has 0 atom stereocenters. The minimum atomic E-state index is -0.586. The summed E-state index contributed by atoms with van der Waals surface area (Å²) in [5.74, 6) is -1.38. The molecule has 1 aliphatic rings. The van der Waals surface area contributed by atoms with E-state index < -0.39 is 11.6 Å². The van der Waals surface area contributed by atoms with Gasteiger partial charge in [-0.2, -0.15) is 0 Å². The third-order valence-electron chi connectivity index (χ3n) is 3.63. The Kier molecular flexibility index (Phi) is 3.61. The zero-order valence-electron chi connectivity index (χ0n) is 12.7. The lowest BCUT2D eigenvalue weighted by Crippen LogP contribution is -2.26. The summed E-state index contributed by atoms with van der Waals surface area (Å²) >= 11 is 1.28. The number of carbonyl (C=O) groups excluding carboxylic acids is 1. The SMILES string of the molecule is Nc1cc(F)cc(-c2nc(-c3cc(F)c4c(c3)NC(=O)CO4)cs2)c1. The van der Waals surface area contributed by atoms with Crippen LogP contribution in [0, 0.1) is 11.6 Å². The number of halogens is 2. The Bertz CT molecular complexity index is 983. The molecule has 126 valence electrons. The lowest BCUT2D eigenvalue weighted by atomic mass is 10.1. The number of nitrogens with zero attached hydrogens (tertiary/aromatic N) is 1. The summed E-state index contributed by atoms with van der Waals surface area (Å²) in [6, 6.07) is 7.05. The molecule has 2 heterocycles. The first kappa shape index (κ1) is 15.5. The zero-order valence-corrected chi connectivity index (χ0v) is 13.5. The van der Waals surface area contributed by atoms with Crippen molar-refractivity contribution in [3.63, 3.8) is 0 Å². The minimum absolute atomic E-state index is 0.0108. The number of thiazole rings is 1. The summed E-state index contributed by atoms with van der Waals surface area (Å²) in [5.41, 5.74) is 7.74. The van der Waals surface area contributed by atoms with Crippen molar-refractivity contribution in [3.8, 4) is 27.6 Å². The molecule has 1 amide bonds. The van der Waals surface area contributed by atoms with Crippen LogP contribution in [0.3, 0.4) is 0 Å². The molecule has 4 rings (SSSR count). The number of nitrogens with two attached hydrogens (primary N) is 1. The molecule has 3 N–H and O–H groups in total. The molecule has 1 aliphatic heterocycles. The van der Waals surface area contributed by atoms with Crippen molar-refractivity contribution < 1.29 is 18.3 Å². The fourth-order valence-corrected chi connectivity index (χ4v) is 3.40. The van der Waals surface area contributed by atoms with Crippen molar-refractivity contribution in [2.75, 3.05) is 17.7 Å². The summed E-state index contributed by atoms with van der Waals surface area (Å²) in [4.78, 5) is 15.8. The van der Waals surface area contributed by atoms with Gasteiger partial charge < -0.3 is 15.8 Å². The Morgan fingerprint density at radius 2 is 2.00 bits per heavy atom. The van der Waals surface area contributed by atoms with Gasteiger partial charge in [-0.1, -0.05) is 0 Å². The fourth-order valence-electron chi connectivity index (χ4n) is 2.58. The Labute approximate surface area is 145 Å². The molecule has 8 heteroatoms. The number of rotatable bonds is 2. The van der Waals surface area contributed by atoms with Crippen molar-refractivity contribution in [2.24, 2.45) is 0 Å². The molecule has 25 heavy (non-hydrogen) atoms. The molecule has 3 aromatic rings. The van der Waals surface area contributed by atoms with Crippen LogP contribution in [0.5, 0.6) is 5.75 Å². The highest BCUT2D eigenvalue weighted by Gasteiger charge is 2.21. The average Bonchev–Trinajstić information content (AvgIpc) is 3.03. The number of hydrogen-bond donors (Lipinski definition) is 2. The second-order valence-corrected chi connectivity index (χ2v) is 6.34. The van der Waals surface area contributed by atoms with Gasteiger partial charge in [-0.3, -0.25) is 4.79 Å². The predicted molar refractivity (Wildman–Crippen MR) is 91.4 cm³/mol. The highest BCUT2D eigenvalue weighted by atomic mass is 32.1. The summed E-state index contributed by atoms with van der Waals surface area (Å²) in [6.07, 6.45) is 0. The van der Waals surface area contributed by atoms with Gasteiger partial charge in [0.15, 0.2) is 18.2 Å². The monoisotopic (exact) mass is 359 g/mol. The molecule has 0 radical (unpaired) electrons. The number of nitrogens with one attached hydrogen (secondary N) is 1. The van der Waals surface area contributed by atoms with Crippen molar-refractivity contribution in [3.05, 3.63) is 47.3 Å². The van der Waals surface area contributed by atoms with Gasteiger partial charge in [-0.25, -0.2) is 13.8 Å². The van der Waals surface area contributed by atoms with E-state index in [9.17, 15) is 13.6 Å². The lowest BCUT2D eigenvalue weighted by Gasteiger charge is -2.18. The van der Waals surface area contributed by atoms with Crippen LogP contribution in [0.25, 0.3) is 21.8 Å². The maximum atomic E-state index is 14.2. The molecule has 0 bridgehead atoms. The summed E-state index contributed by atoms with van der Waals surface area (Å²) in [5, 5.41) is 4.85. The lowest BCUT2D eigenvalue weighted by molar-refractivity contribution is -0.118. The van der Waals surface area contributed by atoms with Crippen LogP contribution < -0.4 is 15.8 Å². The number of amides is 1. The van der Waals surface area contributed by atoms with E-state index in [1.54, 1.807) is 17.5 Å². The first-order valence-corrected chi connectivity index (χ1v) is 8.16. The highest BCUT2D eigenvalue weighted by molar-refractivity contribution is 7.13. The molecule has 0 fully saturated rings. The number of aromatic nitrogens is 1. The average molecular weight is 359 g/mol. The molecule has 0 unspecified atom stereocenters. The topological polar surface area (TPSA) is 77.2 Å². The van der Waals surface area contributed by atoms with E-state index in [1.165, 1.54) is 29.5 Å². The Balaban J connectivity index is 1.74. The van der Waals surface area contributed by atoms with E-state index >= 15 is 0 Å². The Hall–Kier alpha value is -3.00. The fraction of sp³-hybridized carbons (Fsp3) is 0.0588. The minimum Gasteiger partial charge on any atom is -0.478 e. The van der Waals surface area contributed by atoms with Gasteiger partial charge in [0.05, 0.1) is 11.4 Å². The number of benzene rings is 2. The molecule has 0 aliphatic carbocycles. The van der Waals surface area contributed by atoms with E-state index in [2.05, 4.69) is 10.3 Å². The Morgan fingerprint density at radius 1 is 1.16 bits per heavy atom. The van der Waals surface area contributed by atoms with Crippen molar-refractivity contribution in [1.82, 2.24) is 4.98 Å². The second-order valence-electron chi connectivity index (χ2n) is 5.48. The molecule has 0 spiro atoms. The van der Waals surface area contributed by atoms with E-state index in [0.717, 1.165) is 0 Å².